The number of carbonyl (C=O) groups excluding carboxylic acids is 1. The monoisotopic (exact) mass is 464 g/mol. The van der Waals surface area contributed by atoms with Gasteiger partial charge in [-0.15, -0.1) is 0 Å². The van der Waals surface area contributed by atoms with E-state index < -0.39 is 5.82 Å². The first-order valence-corrected chi connectivity index (χ1v) is 12.3. The second-order valence-electron chi connectivity index (χ2n) is 9.87. The third kappa shape index (κ3) is 3.84. The van der Waals surface area contributed by atoms with E-state index in [4.69, 9.17) is 4.98 Å². The van der Waals surface area contributed by atoms with Crippen molar-refractivity contribution < 1.29 is 9.18 Å². The predicted molar refractivity (Wildman–Crippen MR) is 126 cm³/mol. The Balaban J connectivity index is 1.18. The molecule has 4 heterocycles. The van der Waals surface area contributed by atoms with Crippen LogP contribution in [0.25, 0.3) is 11.0 Å². The first kappa shape index (κ1) is 21.2. The van der Waals surface area contributed by atoms with Crippen LogP contribution in [-0.4, -0.2) is 49.0 Å². The Labute approximate surface area is 197 Å². The molecule has 1 aliphatic heterocycles. The van der Waals surface area contributed by atoms with Crippen molar-refractivity contribution in [1.82, 2.24) is 29.8 Å². The van der Waals surface area contributed by atoms with Crippen molar-refractivity contribution in [2.24, 2.45) is 0 Å². The summed E-state index contributed by atoms with van der Waals surface area (Å²) in [6, 6.07) is 2.46. The minimum atomic E-state index is -0.435. The minimum Gasteiger partial charge on any atom is -0.351 e. The topological polar surface area (TPSA) is 110 Å². The normalized spacial score (nSPS) is 24.0. The molecular weight excluding hydrogens is 435 g/mol. The van der Waals surface area contributed by atoms with Crippen LogP contribution in [0, 0.1) is 5.82 Å². The number of hydrogen-bond acceptors (Lipinski definition) is 7. The van der Waals surface area contributed by atoms with E-state index >= 15 is 0 Å². The molecule has 34 heavy (non-hydrogen) atoms. The number of nitrogens with zero attached hydrogens (tertiary/aromatic N) is 5. The molecule has 0 radical (unpaired) electrons. The maximum absolute atomic E-state index is 13.0. The summed E-state index contributed by atoms with van der Waals surface area (Å²) < 4.78 is 15.2. The van der Waals surface area contributed by atoms with Crippen molar-refractivity contribution in [2.75, 3.05) is 17.2 Å². The van der Waals surface area contributed by atoms with E-state index in [1.807, 2.05) is 12.3 Å². The lowest BCUT2D eigenvalue weighted by atomic mass is 9.80. The average Bonchev–Trinajstić information content (AvgIpc) is 3.26. The van der Waals surface area contributed by atoms with Gasteiger partial charge in [-0.3, -0.25) is 4.79 Å². The second kappa shape index (κ2) is 8.48. The van der Waals surface area contributed by atoms with Gasteiger partial charge in [0.15, 0.2) is 5.82 Å². The zero-order chi connectivity index (χ0) is 23.1. The average molecular weight is 465 g/mol. The van der Waals surface area contributed by atoms with Crippen LogP contribution in [0.15, 0.2) is 24.7 Å². The molecule has 3 aromatic heterocycles. The Morgan fingerprint density at radius 2 is 1.59 bits per heavy atom. The van der Waals surface area contributed by atoms with Gasteiger partial charge in [-0.1, -0.05) is 19.3 Å². The summed E-state index contributed by atoms with van der Waals surface area (Å²) in [7, 11) is 0. The summed E-state index contributed by atoms with van der Waals surface area (Å²) in [5.74, 6) is 0.614. The molecule has 3 aliphatic rings. The van der Waals surface area contributed by atoms with Crippen LogP contribution in [-0.2, 0) is 5.54 Å². The predicted octanol–water partition coefficient (Wildman–Crippen LogP) is 3.60. The Morgan fingerprint density at radius 3 is 2.29 bits per heavy atom. The molecule has 0 aromatic carbocycles. The number of anilines is 2. The van der Waals surface area contributed by atoms with E-state index in [1.54, 1.807) is 0 Å². The fraction of sp³-hybridized carbons (Fsp3) is 0.542. The Morgan fingerprint density at radius 1 is 0.941 bits per heavy atom. The lowest BCUT2D eigenvalue weighted by Crippen LogP contribution is -2.52. The van der Waals surface area contributed by atoms with Crippen molar-refractivity contribution >= 4 is 28.8 Å². The van der Waals surface area contributed by atoms with Gasteiger partial charge in [-0.2, -0.15) is 4.98 Å². The molecule has 1 amide bonds. The Hall–Kier alpha value is -3.30. The molecule has 0 atom stereocenters. The second-order valence-corrected chi connectivity index (χ2v) is 9.87. The van der Waals surface area contributed by atoms with Crippen molar-refractivity contribution in [3.63, 3.8) is 0 Å². The number of fused-ring (bicyclic) bond motifs is 4. The smallest absolute Gasteiger partial charge is 0.268 e. The molecule has 2 aliphatic carbocycles. The van der Waals surface area contributed by atoms with Gasteiger partial charge < -0.3 is 20.5 Å². The molecule has 9 nitrogen and oxygen atoms in total. The van der Waals surface area contributed by atoms with Crippen LogP contribution in [0.1, 0.15) is 68.3 Å². The molecule has 6 rings (SSSR count). The highest BCUT2D eigenvalue weighted by Gasteiger charge is 2.41. The summed E-state index contributed by atoms with van der Waals surface area (Å²) in [5.41, 5.74) is 1.47. The van der Waals surface area contributed by atoms with Gasteiger partial charge in [0.1, 0.15) is 11.3 Å². The number of aromatic nitrogens is 5. The number of nitrogens with one attached hydrogen (secondary N) is 3. The lowest BCUT2D eigenvalue weighted by molar-refractivity contribution is 0.0833. The standard InChI is InChI=1S/C24H29FN8O/c25-16-12-27-22(28-13-16)30-17-4-6-18(7-5-17)31-23-26-11-15-10-19-21(34)29-14-24(8-2-1-3-9-24)33(19)20(15)32-23/h10-13,17-18H,1-9,14H2,(H,29,34)(H,26,31,32)(H,27,28,30). The van der Waals surface area contributed by atoms with E-state index in [0.717, 1.165) is 49.6 Å². The van der Waals surface area contributed by atoms with Crippen molar-refractivity contribution in [2.45, 2.75) is 75.4 Å². The Bertz CT molecular complexity index is 1200. The largest absolute Gasteiger partial charge is 0.351 e. The van der Waals surface area contributed by atoms with Crippen LogP contribution < -0.4 is 16.0 Å². The van der Waals surface area contributed by atoms with Crippen molar-refractivity contribution in [3.8, 4) is 0 Å². The van der Waals surface area contributed by atoms with Gasteiger partial charge >= 0.3 is 0 Å². The summed E-state index contributed by atoms with van der Waals surface area (Å²) in [5, 5.41) is 10.8. The zero-order valence-corrected chi connectivity index (χ0v) is 19.1. The van der Waals surface area contributed by atoms with E-state index in [1.165, 1.54) is 31.7 Å². The van der Waals surface area contributed by atoms with Gasteiger partial charge in [-0.25, -0.2) is 19.3 Å². The first-order valence-electron chi connectivity index (χ1n) is 12.3. The van der Waals surface area contributed by atoms with Crippen LogP contribution in [0.5, 0.6) is 0 Å². The van der Waals surface area contributed by atoms with Crippen LogP contribution in [0.2, 0.25) is 0 Å². The number of halogens is 1. The molecular formula is C24H29FN8O. The van der Waals surface area contributed by atoms with E-state index in [9.17, 15) is 9.18 Å². The first-order chi connectivity index (χ1) is 16.6. The van der Waals surface area contributed by atoms with Gasteiger partial charge in [0, 0.05) is 30.2 Å². The molecule has 2 fully saturated rings. The highest BCUT2D eigenvalue weighted by atomic mass is 19.1. The summed E-state index contributed by atoms with van der Waals surface area (Å²) in [6.07, 6.45) is 13.7. The van der Waals surface area contributed by atoms with Gasteiger partial charge in [-0.05, 0) is 44.6 Å². The Kier molecular flexibility index (Phi) is 5.30. The number of rotatable bonds is 4. The maximum atomic E-state index is 13.0. The van der Waals surface area contributed by atoms with Gasteiger partial charge in [0.05, 0.1) is 17.9 Å². The van der Waals surface area contributed by atoms with E-state index in [-0.39, 0.29) is 23.5 Å². The van der Waals surface area contributed by atoms with E-state index in [0.29, 0.717) is 24.1 Å². The molecule has 3 N–H and O–H groups in total. The molecule has 1 spiro atoms. The summed E-state index contributed by atoms with van der Waals surface area (Å²) in [4.78, 5) is 30.1. The lowest BCUT2D eigenvalue weighted by Gasteiger charge is -2.42. The maximum Gasteiger partial charge on any atom is 0.268 e. The fourth-order valence-corrected chi connectivity index (χ4v) is 5.86. The summed E-state index contributed by atoms with van der Waals surface area (Å²) in [6.45, 7) is 0.671. The third-order valence-electron chi connectivity index (χ3n) is 7.62. The fourth-order valence-electron chi connectivity index (χ4n) is 5.86. The minimum absolute atomic E-state index is 0.0281. The van der Waals surface area contributed by atoms with Crippen molar-refractivity contribution in [3.05, 3.63) is 36.2 Å². The molecule has 0 saturated heterocycles. The summed E-state index contributed by atoms with van der Waals surface area (Å²) >= 11 is 0. The molecule has 0 unspecified atom stereocenters. The van der Waals surface area contributed by atoms with E-state index in [2.05, 4.69) is 35.5 Å². The molecule has 10 heteroatoms. The molecule has 0 bridgehead atoms. The SMILES string of the molecule is O=C1NCC2(CCCCC2)n2c1cc1cnc(NC3CCC(Nc4ncc(F)cn4)CC3)nc12. The number of amides is 1. The third-order valence-corrected chi connectivity index (χ3v) is 7.62. The van der Waals surface area contributed by atoms with Crippen LogP contribution >= 0.6 is 0 Å². The number of hydrogen-bond donors (Lipinski definition) is 3. The highest BCUT2D eigenvalue weighted by Crippen LogP contribution is 2.40. The molecule has 178 valence electrons. The van der Waals surface area contributed by atoms with Crippen LogP contribution in [0.4, 0.5) is 16.3 Å². The number of carbonyl (C=O) groups is 1. The highest BCUT2D eigenvalue weighted by molar-refractivity contribution is 5.99. The molecule has 3 aromatic rings. The van der Waals surface area contributed by atoms with Gasteiger partial charge in [0.25, 0.3) is 5.91 Å². The zero-order valence-electron chi connectivity index (χ0n) is 19.1. The quantitative estimate of drug-likeness (QED) is 0.541. The van der Waals surface area contributed by atoms with Crippen LogP contribution in [0.3, 0.4) is 0 Å². The van der Waals surface area contributed by atoms with Crippen molar-refractivity contribution in [1.29, 1.82) is 0 Å². The van der Waals surface area contributed by atoms with Gasteiger partial charge in [0.2, 0.25) is 11.9 Å². The molecule has 2 saturated carbocycles.